The molecule has 0 unspecified atom stereocenters. The fourth-order valence-electron chi connectivity index (χ4n) is 1.00. The van der Waals surface area contributed by atoms with Crippen molar-refractivity contribution < 1.29 is 4.74 Å². The minimum absolute atomic E-state index is 0.412. The number of anilines is 1. The molecule has 0 spiro atoms. The van der Waals surface area contributed by atoms with Gasteiger partial charge in [-0.15, -0.1) is 10.2 Å². The summed E-state index contributed by atoms with van der Waals surface area (Å²) in [5.41, 5.74) is 5.46. The highest BCUT2D eigenvalue weighted by atomic mass is 127. The van der Waals surface area contributed by atoms with Gasteiger partial charge in [-0.1, -0.05) is 11.3 Å². The molecule has 0 aliphatic heterocycles. The molecular formula is C9H8IN3OS. The van der Waals surface area contributed by atoms with Gasteiger partial charge in [0.25, 0.3) is 0 Å². The van der Waals surface area contributed by atoms with Crippen LogP contribution in [0.2, 0.25) is 0 Å². The first-order valence-electron chi connectivity index (χ1n) is 4.20. The van der Waals surface area contributed by atoms with Crippen LogP contribution in [0.1, 0.15) is 5.01 Å². The Morgan fingerprint density at radius 2 is 2.00 bits per heavy atom. The molecule has 2 N–H and O–H groups in total. The molecule has 1 heterocycles. The molecule has 0 saturated heterocycles. The second kappa shape index (κ2) is 4.75. The molecule has 0 radical (unpaired) electrons. The van der Waals surface area contributed by atoms with Crippen LogP contribution in [0.5, 0.6) is 5.75 Å². The molecule has 15 heavy (non-hydrogen) atoms. The summed E-state index contributed by atoms with van der Waals surface area (Å²) in [6.07, 6.45) is 0. The van der Waals surface area contributed by atoms with Crippen molar-refractivity contribution >= 4 is 39.1 Å². The SMILES string of the molecule is Nc1nnc(COc2ccc(I)cc2)s1. The van der Waals surface area contributed by atoms with Gasteiger partial charge in [0.2, 0.25) is 5.13 Å². The van der Waals surface area contributed by atoms with E-state index in [9.17, 15) is 0 Å². The number of nitrogens with two attached hydrogens (primary N) is 1. The Morgan fingerprint density at radius 3 is 2.60 bits per heavy atom. The lowest BCUT2D eigenvalue weighted by Gasteiger charge is -2.02. The van der Waals surface area contributed by atoms with Crippen molar-refractivity contribution in [2.75, 3.05) is 5.73 Å². The molecule has 0 saturated carbocycles. The van der Waals surface area contributed by atoms with E-state index in [1.165, 1.54) is 14.9 Å². The molecule has 0 amide bonds. The maximum absolute atomic E-state index is 5.51. The second-order valence-electron chi connectivity index (χ2n) is 2.78. The summed E-state index contributed by atoms with van der Waals surface area (Å²) in [6, 6.07) is 7.83. The lowest BCUT2D eigenvalue weighted by Crippen LogP contribution is -1.94. The Labute approximate surface area is 105 Å². The van der Waals surface area contributed by atoms with Gasteiger partial charge in [0.05, 0.1) is 0 Å². The highest BCUT2D eigenvalue weighted by molar-refractivity contribution is 14.1. The van der Waals surface area contributed by atoms with Crippen LogP contribution >= 0.6 is 33.9 Å². The van der Waals surface area contributed by atoms with Crippen LogP contribution < -0.4 is 10.5 Å². The number of hydrogen-bond acceptors (Lipinski definition) is 5. The molecule has 1 aromatic heterocycles. The van der Waals surface area contributed by atoms with Crippen LogP contribution in [0.15, 0.2) is 24.3 Å². The minimum atomic E-state index is 0.412. The zero-order valence-electron chi connectivity index (χ0n) is 7.68. The quantitative estimate of drug-likeness (QED) is 0.876. The lowest BCUT2D eigenvalue weighted by atomic mass is 10.3. The summed E-state index contributed by atoms with van der Waals surface area (Å²) >= 11 is 3.59. The maximum atomic E-state index is 5.51. The Balaban J connectivity index is 1.96. The number of hydrogen-bond donors (Lipinski definition) is 1. The van der Waals surface area contributed by atoms with Crippen LogP contribution in [-0.2, 0) is 6.61 Å². The van der Waals surface area contributed by atoms with E-state index in [-0.39, 0.29) is 0 Å². The fraction of sp³-hybridized carbons (Fsp3) is 0.111. The number of aromatic nitrogens is 2. The van der Waals surface area contributed by atoms with Crippen molar-refractivity contribution in [3.05, 3.63) is 32.8 Å². The molecule has 0 fully saturated rings. The molecule has 0 aliphatic carbocycles. The third-order valence-electron chi connectivity index (χ3n) is 1.66. The number of halogens is 1. The van der Waals surface area contributed by atoms with Gasteiger partial charge in [0.1, 0.15) is 12.4 Å². The van der Waals surface area contributed by atoms with Gasteiger partial charge >= 0.3 is 0 Å². The van der Waals surface area contributed by atoms with E-state index in [4.69, 9.17) is 10.5 Å². The Kier molecular flexibility index (Phi) is 3.37. The highest BCUT2D eigenvalue weighted by Gasteiger charge is 2.01. The van der Waals surface area contributed by atoms with Crippen molar-refractivity contribution in [2.24, 2.45) is 0 Å². The van der Waals surface area contributed by atoms with E-state index in [0.717, 1.165) is 10.8 Å². The zero-order chi connectivity index (χ0) is 10.7. The standard InChI is InChI=1S/C9H8IN3OS/c10-6-1-3-7(4-2-6)14-5-8-12-13-9(11)15-8/h1-4H,5H2,(H2,11,13). The van der Waals surface area contributed by atoms with Crippen molar-refractivity contribution in [1.29, 1.82) is 0 Å². The normalized spacial score (nSPS) is 10.2. The predicted molar refractivity (Wildman–Crippen MR) is 67.8 cm³/mol. The number of nitrogen functional groups attached to an aromatic ring is 1. The van der Waals surface area contributed by atoms with Crippen molar-refractivity contribution in [1.82, 2.24) is 10.2 Å². The van der Waals surface area contributed by atoms with Crippen LogP contribution in [0.25, 0.3) is 0 Å². The van der Waals surface area contributed by atoms with E-state index in [2.05, 4.69) is 32.8 Å². The first-order valence-corrected chi connectivity index (χ1v) is 6.10. The fourth-order valence-corrected chi connectivity index (χ4v) is 1.88. The summed E-state index contributed by atoms with van der Waals surface area (Å²) in [6.45, 7) is 0.412. The maximum Gasteiger partial charge on any atom is 0.203 e. The highest BCUT2D eigenvalue weighted by Crippen LogP contribution is 2.17. The van der Waals surface area contributed by atoms with E-state index in [1.807, 2.05) is 24.3 Å². The lowest BCUT2D eigenvalue weighted by molar-refractivity contribution is 0.304. The summed E-state index contributed by atoms with van der Waals surface area (Å²) in [4.78, 5) is 0. The smallest absolute Gasteiger partial charge is 0.203 e. The molecule has 0 aliphatic rings. The van der Waals surface area contributed by atoms with Gasteiger partial charge in [-0.3, -0.25) is 0 Å². The van der Waals surface area contributed by atoms with Gasteiger partial charge < -0.3 is 10.5 Å². The summed E-state index contributed by atoms with van der Waals surface area (Å²) in [5.74, 6) is 0.823. The average Bonchev–Trinajstić information content (AvgIpc) is 2.64. The molecule has 6 heteroatoms. The second-order valence-corrected chi connectivity index (χ2v) is 5.12. The third kappa shape index (κ3) is 3.03. The van der Waals surface area contributed by atoms with Crippen LogP contribution in [-0.4, -0.2) is 10.2 Å². The number of nitrogens with zero attached hydrogens (tertiary/aromatic N) is 2. The predicted octanol–water partition coefficient (Wildman–Crippen LogP) is 2.30. The van der Waals surface area contributed by atoms with E-state index in [0.29, 0.717) is 11.7 Å². The van der Waals surface area contributed by atoms with Gasteiger partial charge in [-0.05, 0) is 46.9 Å². The number of ether oxygens (including phenoxy) is 1. The number of benzene rings is 1. The Hall–Kier alpha value is -0.890. The topological polar surface area (TPSA) is 61.0 Å². The van der Waals surface area contributed by atoms with Gasteiger partial charge in [-0.2, -0.15) is 0 Å². The molecule has 0 atom stereocenters. The Bertz CT molecular complexity index is 443. The third-order valence-corrected chi connectivity index (χ3v) is 3.10. The minimum Gasteiger partial charge on any atom is -0.486 e. The van der Waals surface area contributed by atoms with Crippen LogP contribution in [0.4, 0.5) is 5.13 Å². The van der Waals surface area contributed by atoms with Crippen molar-refractivity contribution in [2.45, 2.75) is 6.61 Å². The van der Waals surface area contributed by atoms with Crippen molar-refractivity contribution in [3.8, 4) is 5.75 Å². The first-order chi connectivity index (χ1) is 7.24. The van der Waals surface area contributed by atoms with E-state index >= 15 is 0 Å². The van der Waals surface area contributed by atoms with Gasteiger partial charge in [0.15, 0.2) is 5.01 Å². The van der Waals surface area contributed by atoms with Crippen LogP contribution in [0, 0.1) is 3.57 Å². The molecule has 0 bridgehead atoms. The van der Waals surface area contributed by atoms with E-state index < -0.39 is 0 Å². The molecular weight excluding hydrogens is 325 g/mol. The molecule has 2 rings (SSSR count). The molecule has 78 valence electrons. The molecule has 4 nitrogen and oxygen atoms in total. The monoisotopic (exact) mass is 333 g/mol. The largest absolute Gasteiger partial charge is 0.486 e. The van der Waals surface area contributed by atoms with E-state index in [1.54, 1.807) is 0 Å². The van der Waals surface area contributed by atoms with Crippen molar-refractivity contribution in [3.63, 3.8) is 0 Å². The first kappa shape index (κ1) is 10.6. The summed E-state index contributed by atoms with van der Waals surface area (Å²) < 4.78 is 6.69. The van der Waals surface area contributed by atoms with Gasteiger partial charge in [0, 0.05) is 3.57 Å². The van der Waals surface area contributed by atoms with Gasteiger partial charge in [-0.25, -0.2) is 0 Å². The zero-order valence-corrected chi connectivity index (χ0v) is 10.7. The molecule has 1 aromatic carbocycles. The molecule has 2 aromatic rings. The summed E-state index contributed by atoms with van der Waals surface area (Å²) in [5, 5.41) is 8.83. The average molecular weight is 333 g/mol. The summed E-state index contributed by atoms with van der Waals surface area (Å²) in [7, 11) is 0. The Morgan fingerprint density at radius 1 is 1.27 bits per heavy atom. The van der Waals surface area contributed by atoms with Crippen LogP contribution in [0.3, 0.4) is 0 Å². The number of rotatable bonds is 3.